The molecule has 23 heavy (non-hydrogen) atoms. The first kappa shape index (κ1) is 16.6. The molecule has 0 bridgehead atoms. The van der Waals surface area contributed by atoms with E-state index in [1.807, 2.05) is 46.3 Å². The molecule has 0 aliphatic carbocycles. The molecule has 0 fully saturated rings. The fourth-order valence-corrected chi connectivity index (χ4v) is 2.15. The lowest BCUT2D eigenvalue weighted by Gasteiger charge is -2.24. The number of nitrogens with zero attached hydrogens (tertiary/aromatic N) is 6. The molecule has 0 radical (unpaired) electrons. The van der Waals surface area contributed by atoms with E-state index in [4.69, 9.17) is 11.0 Å². The van der Waals surface area contributed by atoms with Crippen LogP contribution in [0.4, 0.5) is 11.9 Å². The maximum Gasteiger partial charge on any atom is 0.229 e. The predicted octanol–water partition coefficient (Wildman–Crippen LogP) is 1.58. The smallest absolute Gasteiger partial charge is 0.229 e. The van der Waals surface area contributed by atoms with E-state index in [-0.39, 0.29) is 12.0 Å². The number of hydrogen-bond acceptors (Lipinski definition) is 7. The van der Waals surface area contributed by atoms with Crippen molar-refractivity contribution in [3.63, 3.8) is 0 Å². The van der Waals surface area contributed by atoms with Gasteiger partial charge >= 0.3 is 0 Å². The lowest BCUT2D eigenvalue weighted by atomic mass is 10.1. The van der Waals surface area contributed by atoms with Crippen molar-refractivity contribution in [2.24, 2.45) is 0 Å². The summed E-state index contributed by atoms with van der Waals surface area (Å²) in [5, 5.41) is 8.99. The second-order valence-corrected chi connectivity index (χ2v) is 5.65. The van der Waals surface area contributed by atoms with Crippen LogP contribution >= 0.6 is 0 Å². The third-order valence-corrected chi connectivity index (χ3v) is 3.58. The van der Waals surface area contributed by atoms with Gasteiger partial charge in [-0.05, 0) is 31.7 Å². The molecule has 2 rings (SSSR count). The quantitative estimate of drug-likeness (QED) is 0.895. The van der Waals surface area contributed by atoms with Gasteiger partial charge < -0.3 is 10.6 Å². The second-order valence-electron chi connectivity index (χ2n) is 5.65. The molecule has 1 heterocycles. The van der Waals surface area contributed by atoms with Gasteiger partial charge in [0.15, 0.2) is 5.82 Å². The molecule has 7 nitrogen and oxygen atoms in total. The number of nitrogen functional groups attached to an aromatic ring is 1. The van der Waals surface area contributed by atoms with E-state index in [1.54, 1.807) is 11.0 Å². The van der Waals surface area contributed by atoms with Gasteiger partial charge in [0.1, 0.15) is 0 Å². The Morgan fingerprint density at radius 1 is 1.22 bits per heavy atom. The summed E-state index contributed by atoms with van der Waals surface area (Å²) in [6.07, 6.45) is 0. The van der Waals surface area contributed by atoms with Gasteiger partial charge in [-0.2, -0.15) is 20.2 Å². The Morgan fingerprint density at radius 3 is 2.61 bits per heavy atom. The second kappa shape index (κ2) is 7.03. The number of nitrogens with two attached hydrogens (primary N) is 1. The van der Waals surface area contributed by atoms with Gasteiger partial charge in [0.2, 0.25) is 11.9 Å². The molecule has 1 atom stereocenters. The zero-order valence-electron chi connectivity index (χ0n) is 13.9. The van der Waals surface area contributed by atoms with Crippen LogP contribution in [0.3, 0.4) is 0 Å². The first-order valence-corrected chi connectivity index (χ1v) is 7.28. The van der Waals surface area contributed by atoms with Crippen LogP contribution in [0.1, 0.15) is 29.9 Å². The fraction of sp³-hybridized carbons (Fsp3) is 0.375. The van der Waals surface area contributed by atoms with Crippen molar-refractivity contribution in [1.82, 2.24) is 19.9 Å². The maximum absolute atomic E-state index is 8.99. The number of anilines is 2. The molecular weight excluding hydrogens is 290 g/mol. The summed E-state index contributed by atoms with van der Waals surface area (Å²) in [6.45, 7) is 2.70. The van der Waals surface area contributed by atoms with Crippen molar-refractivity contribution < 1.29 is 0 Å². The van der Waals surface area contributed by atoms with Crippen molar-refractivity contribution in [1.29, 1.82) is 5.26 Å². The Morgan fingerprint density at radius 2 is 1.96 bits per heavy atom. The zero-order valence-corrected chi connectivity index (χ0v) is 13.9. The minimum atomic E-state index is -0.0373. The SMILES string of the molecule is CC(c1nc(N)nc(N(C)C)n1)N(C)Cc1cccc(C#N)c1. The summed E-state index contributed by atoms with van der Waals surface area (Å²) in [7, 11) is 5.71. The number of nitriles is 1. The van der Waals surface area contributed by atoms with Gasteiger partial charge in [0, 0.05) is 20.6 Å². The number of rotatable bonds is 5. The standard InChI is InChI=1S/C16H21N7/c1-11(14-19-15(18)21-16(20-14)22(2)3)23(4)10-13-7-5-6-12(8-13)9-17/h5-8,11H,10H2,1-4H3,(H2,18,19,20,21). The Kier molecular flexibility index (Phi) is 5.09. The molecule has 1 aromatic carbocycles. The van der Waals surface area contributed by atoms with Crippen LogP contribution in [0.2, 0.25) is 0 Å². The fourth-order valence-electron chi connectivity index (χ4n) is 2.15. The molecule has 0 aliphatic rings. The normalized spacial score (nSPS) is 12.0. The topological polar surface area (TPSA) is 95.0 Å². The Labute approximate surface area is 136 Å². The lowest BCUT2D eigenvalue weighted by molar-refractivity contribution is 0.243. The van der Waals surface area contributed by atoms with Gasteiger partial charge in [-0.3, -0.25) is 4.90 Å². The number of aromatic nitrogens is 3. The van der Waals surface area contributed by atoms with Crippen molar-refractivity contribution >= 4 is 11.9 Å². The highest BCUT2D eigenvalue weighted by atomic mass is 15.3. The maximum atomic E-state index is 8.99. The molecule has 0 saturated heterocycles. The Balaban J connectivity index is 2.19. The molecule has 0 amide bonds. The van der Waals surface area contributed by atoms with Crippen molar-refractivity contribution in [3.8, 4) is 6.07 Å². The summed E-state index contributed by atoms with van der Waals surface area (Å²) in [5.41, 5.74) is 7.50. The molecule has 1 unspecified atom stereocenters. The third-order valence-electron chi connectivity index (χ3n) is 3.58. The highest BCUT2D eigenvalue weighted by molar-refractivity contribution is 5.34. The first-order chi connectivity index (χ1) is 10.9. The minimum Gasteiger partial charge on any atom is -0.368 e. The van der Waals surface area contributed by atoms with E-state index >= 15 is 0 Å². The van der Waals surface area contributed by atoms with E-state index in [9.17, 15) is 0 Å². The van der Waals surface area contributed by atoms with E-state index in [0.717, 1.165) is 5.56 Å². The molecule has 0 saturated carbocycles. The molecule has 1 aromatic heterocycles. The highest BCUT2D eigenvalue weighted by Gasteiger charge is 2.17. The minimum absolute atomic E-state index is 0.0373. The van der Waals surface area contributed by atoms with E-state index in [1.165, 1.54) is 0 Å². The van der Waals surface area contributed by atoms with Crippen molar-refractivity contribution in [3.05, 3.63) is 41.2 Å². The van der Waals surface area contributed by atoms with Crippen LogP contribution in [0.15, 0.2) is 24.3 Å². The summed E-state index contributed by atoms with van der Waals surface area (Å²) >= 11 is 0. The van der Waals surface area contributed by atoms with Gasteiger partial charge in [0.05, 0.1) is 17.7 Å². The van der Waals surface area contributed by atoms with Gasteiger partial charge in [-0.1, -0.05) is 12.1 Å². The Bertz CT molecular complexity index is 721. The monoisotopic (exact) mass is 311 g/mol. The molecule has 0 aliphatic heterocycles. The number of hydrogen-bond donors (Lipinski definition) is 1. The van der Waals surface area contributed by atoms with E-state index in [2.05, 4.69) is 25.9 Å². The largest absolute Gasteiger partial charge is 0.368 e. The summed E-state index contributed by atoms with van der Waals surface area (Å²) in [5.74, 6) is 1.38. The van der Waals surface area contributed by atoms with Crippen molar-refractivity contribution in [2.75, 3.05) is 31.8 Å². The van der Waals surface area contributed by atoms with Gasteiger partial charge in [0.25, 0.3) is 0 Å². The zero-order chi connectivity index (χ0) is 17.0. The van der Waals surface area contributed by atoms with Crippen LogP contribution < -0.4 is 10.6 Å². The molecule has 7 heteroatoms. The van der Waals surface area contributed by atoms with Crippen LogP contribution in [0, 0.1) is 11.3 Å². The van der Waals surface area contributed by atoms with Gasteiger partial charge in [-0.15, -0.1) is 0 Å². The molecule has 0 spiro atoms. The molecule has 120 valence electrons. The third kappa shape index (κ3) is 4.14. The van der Waals surface area contributed by atoms with Crippen LogP contribution in [0.5, 0.6) is 0 Å². The Hall–Kier alpha value is -2.72. The average Bonchev–Trinajstić information content (AvgIpc) is 2.53. The van der Waals surface area contributed by atoms with Crippen LogP contribution in [0.25, 0.3) is 0 Å². The summed E-state index contributed by atoms with van der Waals surface area (Å²) in [4.78, 5) is 16.7. The van der Waals surface area contributed by atoms with Crippen LogP contribution in [-0.4, -0.2) is 41.0 Å². The van der Waals surface area contributed by atoms with E-state index < -0.39 is 0 Å². The van der Waals surface area contributed by atoms with Gasteiger partial charge in [-0.25, -0.2) is 0 Å². The highest BCUT2D eigenvalue weighted by Crippen LogP contribution is 2.20. The summed E-state index contributed by atoms with van der Waals surface area (Å²) in [6, 6.07) is 9.68. The lowest BCUT2D eigenvalue weighted by Crippen LogP contribution is -2.25. The first-order valence-electron chi connectivity index (χ1n) is 7.28. The predicted molar refractivity (Wildman–Crippen MR) is 89.6 cm³/mol. The number of benzene rings is 1. The molecular formula is C16H21N7. The molecule has 2 N–H and O–H groups in total. The average molecular weight is 311 g/mol. The van der Waals surface area contributed by atoms with Crippen LogP contribution in [-0.2, 0) is 6.54 Å². The van der Waals surface area contributed by atoms with Crippen molar-refractivity contribution in [2.45, 2.75) is 19.5 Å². The van der Waals surface area contributed by atoms with E-state index in [0.29, 0.717) is 23.9 Å². The molecule has 2 aromatic rings. The summed E-state index contributed by atoms with van der Waals surface area (Å²) < 4.78 is 0.